The number of nitrogens with two attached hydrogens (primary N) is 2. The summed E-state index contributed by atoms with van der Waals surface area (Å²) in [7, 11) is 0. The number of rotatable bonds is 8. The number of H-pyrrole nitrogens is 1. The maximum atomic E-state index is 11.9. The summed E-state index contributed by atoms with van der Waals surface area (Å²) in [6, 6.07) is 5.32. The van der Waals surface area contributed by atoms with Gasteiger partial charge in [-0.1, -0.05) is 18.2 Å². The molecule has 2 aromatic rings. The summed E-state index contributed by atoms with van der Waals surface area (Å²) >= 11 is 0. The van der Waals surface area contributed by atoms with Crippen LogP contribution in [0.15, 0.2) is 30.5 Å². The summed E-state index contributed by atoms with van der Waals surface area (Å²) < 4.78 is 0. The Hall–Kier alpha value is -2.91. The number of aromatic nitrogens is 1. The second kappa shape index (κ2) is 8.81. The predicted octanol–water partition coefficient (Wildman–Crippen LogP) is -1.09. The molecule has 1 heterocycles. The van der Waals surface area contributed by atoms with E-state index in [4.69, 9.17) is 11.5 Å². The van der Waals surface area contributed by atoms with Crippen molar-refractivity contribution in [3.63, 3.8) is 0 Å². The zero-order chi connectivity index (χ0) is 17.7. The van der Waals surface area contributed by atoms with Crippen LogP contribution in [0.4, 0.5) is 0 Å². The summed E-state index contributed by atoms with van der Waals surface area (Å²) in [5.41, 5.74) is 12.1. The molecule has 0 saturated carbocycles. The highest BCUT2D eigenvalue weighted by Gasteiger charge is 2.18. The van der Waals surface area contributed by atoms with Gasteiger partial charge in [0.2, 0.25) is 11.8 Å². The predicted molar refractivity (Wildman–Crippen MR) is 91.3 cm³/mol. The maximum Gasteiger partial charge on any atom is 0.234 e. The first-order chi connectivity index (χ1) is 11.4. The smallest absolute Gasteiger partial charge is 0.234 e. The normalized spacial score (nSPS) is 12.8. The van der Waals surface area contributed by atoms with Crippen molar-refractivity contribution >= 4 is 28.7 Å². The van der Waals surface area contributed by atoms with Gasteiger partial charge in [0, 0.05) is 29.9 Å². The minimum Gasteiger partial charge on any atom is -0.548 e. The molecule has 0 aliphatic heterocycles. The van der Waals surface area contributed by atoms with Gasteiger partial charge in [-0.3, -0.25) is 9.59 Å². The standard InChI is InChI=1S/C16H20N4O4.H3N/c17-11(15(18)22)5-6-14(21)20-13(16(23)24)7-9-8-19-12-4-2-1-3-10(9)12;/h1-4,8,11,13,19H,5-7,17H2,(H2,18,22)(H,20,21)(H,23,24);1H3/t11-,13-;/m0./s1. The van der Waals surface area contributed by atoms with Gasteiger partial charge in [-0.2, -0.15) is 0 Å². The minimum absolute atomic E-state index is 0. The molecule has 0 bridgehead atoms. The number of aliphatic carboxylic acids is 1. The average Bonchev–Trinajstić information content (AvgIpc) is 2.95. The van der Waals surface area contributed by atoms with Crippen molar-refractivity contribution < 1.29 is 19.5 Å². The lowest BCUT2D eigenvalue weighted by Crippen LogP contribution is -2.49. The molecule has 2 atom stereocenters. The minimum atomic E-state index is -1.38. The quantitative estimate of drug-likeness (QED) is 0.404. The molecule has 2 amide bonds. The lowest BCUT2D eigenvalue weighted by Gasteiger charge is -2.20. The molecule has 2 rings (SSSR count). The van der Waals surface area contributed by atoms with E-state index in [9.17, 15) is 19.5 Å². The average molecular weight is 349 g/mol. The van der Waals surface area contributed by atoms with E-state index in [0.29, 0.717) is 0 Å². The SMILES string of the molecule is NC(=O)[C@@H](N)CCC(=O)N[C@@H](Cc1c[nH]c2ccccc12)C(=O)[O-].[NH4+]. The molecule has 0 aliphatic rings. The Morgan fingerprint density at radius 3 is 2.56 bits per heavy atom. The number of nitrogens with one attached hydrogen (secondary N) is 2. The Morgan fingerprint density at radius 2 is 1.92 bits per heavy atom. The first kappa shape index (κ1) is 20.1. The van der Waals surface area contributed by atoms with Gasteiger partial charge in [0.05, 0.1) is 18.1 Å². The van der Waals surface area contributed by atoms with E-state index in [1.807, 2.05) is 24.3 Å². The number of quaternary nitrogens is 1. The molecule has 9 nitrogen and oxygen atoms in total. The van der Waals surface area contributed by atoms with Crippen LogP contribution in [0.1, 0.15) is 18.4 Å². The van der Waals surface area contributed by atoms with E-state index in [1.165, 1.54) is 0 Å². The third-order valence-electron chi connectivity index (χ3n) is 3.77. The van der Waals surface area contributed by atoms with E-state index < -0.39 is 29.9 Å². The van der Waals surface area contributed by atoms with Crippen LogP contribution in [0.3, 0.4) is 0 Å². The summed E-state index contributed by atoms with van der Waals surface area (Å²) in [4.78, 5) is 37.0. The summed E-state index contributed by atoms with van der Waals surface area (Å²) in [6.07, 6.45) is 1.74. The highest BCUT2D eigenvalue weighted by Crippen LogP contribution is 2.19. The van der Waals surface area contributed by atoms with Gasteiger partial charge in [-0.05, 0) is 18.1 Å². The van der Waals surface area contributed by atoms with Crippen LogP contribution in [0.5, 0.6) is 0 Å². The Balaban J connectivity index is 0.00000312. The zero-order valence-corrected chi connectivity index (χ0v) is 14.0. The summed E-state index contributed by atoms with van der Waals surface area (Å²) in [5, 5.41) is 14.6. The summed E-state index contributed by atoms with van der Waals surface area (Å²) in [6.45, 7) is 0. The third kappa shape index (κ3) is 5.30. The fourth-order valence-corrected chi connectivity index (χ4v) is 2.41. The first-order valence-corrected chi connectivity index (χ1v) is 7.48. The molecule has 136 valence electrons. The highest BCUT2D eigenvalue weighted by molar-refractivity contribution is 5.86. The van der Waals surface area contributed by atoms with E-state index in [0.717, 1.165) is 16.5 Å². The zero-order valence-electron chi connectivity index (χ0n) is 14.0. The number of carbonyl (C=O) groups excluding carboxylic acids is 3. The number of hydrogen-bond acceptors (Lipinski definition) is 5. The monoisotopic (exact) mass is 349 g/mol. The fraction of sp³-hybridized carbons (Fsp3) is 0.312. The van der Waals surface area contributed by atoms with Gasteiger partial charge in [-0.15, -0.1) is 0 Å². The number of primary amides is 1. The molecule has 1 aromatic heterocycles. The molecule has 0 radical (unpaired) electrons. The molecule has 1 aromatic carbocycles. The van der Waals surface area contributed by atoms with Crippen molar-refractivity contribution in [2.24, 2.45) is 11.5 Å². The van der Waals surface area contributed by atoms with Gasteiger partial charge in [-0.25, -0.2) is 0 Å². The van der Waals surface area contributed by atoms with Crippen molar-refractivity contribution in [1.82, 2.24) is 16.5 Å². The number of carboxylic acid groups (broad SMARTS) is 1. The van der Waals surface area contributed by atoms with Crippen LogP contribution in [-0.4, -0.2) is 34.9 Å². The van der Waals surface area contributed by atoms with Gasteiger partial charge in [0.25, 0.3) is 0 Å². The second-order valence-corrected chi connectivity index (χ2v) is 5.55. The number of benzene rings is 1. The third-order valence-corrected chi connectivity index (χ3v) is 3.77. The van der Waals surface area contributed by atoms with Crippen LogP contribution in [-0.2, 0) is 20.8 Å². The molecular formula is C16H23N5O4. The molecule has 0 spiro atoms. The number of hydrogen-bond donors (Lipinski definition) is 5. The lowest BCUT2D eigenvalue weighted by molar-refractivity contribution is -0.308. The van der Waals surface area contributed by atoms with Crippen molar-refractivity contribution in [3.05, 3.63) is 36.0 Å². The highest BCUT2D eigenvalue weighted by atomic mass is 16.4. The van der Waals surface area contributed by atoms with Crippen LogP contribution in [0, 0.1) is 0 Å². The van der Waals surface area contributed by atoms with Crippen LogP contribution >= 0.6 is 0 Å². The maximum absolute atomic E-state index is 11.9. The number of aromatic amines is 1. The molecule has 0 fully saturated rings. The second-order valence-electron chi connectivity index (χ2n) is 5.55. The van der Waals surface area contributed by atoms with Gasteiger partial charge >= 0.3 is 0 Å². The van der Waals surface area contributed by atoms with Crippen LogP contribution < -0.4 is 28.0 Å². The van der Waals surface area contributed by atoms with Crippen molar-refractivity contribution in [1.29, 1.82) is 0 Å². The molecule has 10 N–H and O–H groups in total. The van der Waals surface area contributed by atoms with Crippen molar-refractivity contribution in [2.75, 3.05) is 0 Å². The Labute approximate surface area is 144 Å². The van der Waals surface area contributed by atoms with Crippen LogP contribution in [0.25, 0.3) is 10.9 Å². The van der Waals surface area contributed by atoms with Gasteiger partial charge in [0.15, 0.2) is 0 Å². The number of amides is 2. The topological polar surface area (TPSA) is 191 Å². The number of para-hydroxylation sites is 1. The largest absolute Gasteiger partial charge is 0.548 e. The molecule has 0 aliphatic carbocycles. The van der Waals surface area contributed by atoms with E-state index in [-0.39, 0.29) is 25.4 Å². The number of fused-ring (bicyclic) bond motifs is 1. The molecule has 0 saturated heterocycles. The molecule has 25 heavy (non-hydrogen) atoms. The Morgan fingerprint density at radius 1 is 1.24 bits per heavy atom. The van der Waals surface area contributed by atoms with E-state index in [1.54, 1.807) is 6.20 Å². The molecule has 9 heteroatoms. The van der Waals surface area contributed by atoms with E-state index in [2.05, 4.69) is 10.3 Å². The molecule has 0 unspecified atom stereocenters. The van der Waals surface area contributed by atoms with Gasteiger partial charge in [0.1, 0.15) is 0 Å². The Kier molecular flexibility index (Phi) is 7.09. The fourth-order valence-electron chi connectivity index (χ4n) is 2.41. The molecular weight excluding hydrogens is 326 g/mol. The lowest BCUT2D eigenvalue weighted by atomic mass is 10.0. The number of carbonyl (C=O) groups is 3. The summed E-state index contributed by atoms with van der Waals surface area (Å²) in [5.74, 6) is -2.62. The Bertz CT molecular complexity index is 758. The number of carboxylic acids is 1. The van der Waals surface area contributed by atoms with Crippen molar-refractivity contribution in [2.45, 2.75) is 31.3 Å². The first-order valence-electron chi connectivity index (χ1n) is 7.48. The van der Waals surface area contributed by atoms with E-state index >= 15 is 0 Å². The van der Waals surface area contributed by atoms with Crippen LogP contribution in [0.2, 0.25) is 0 Å². The van der Waals surface area contributed by atoms with Gasteiger partial charge < -0.3 is 37.8 Å². The van der Waals surface area contributed by atoms with Crippen molar-refractivity contribution in [3.8, 4) is 0 Å².